The minimum absolute atomic E-state index is 0.239. The Bertz CT molecular complexity index is 706. The lowest BCUT2D eigenvalue weighted by atomic mass is 10.1. The van der Waals surface area contributed by atoms with E-state index in [2.05, 4.69) is 32.6 Å². The Hall–Kier alpha value is -2.47. The molecule has 0 saturated carbocycles. The maximum Gasteiger partial charge on any atom is 0.276 e. The van der Waals surface area contributed by atoms with Gasteiger partial charge < -0.3 is 5.32 Å². The Morgan fingerprint density at radius 1 is 1.24 bits per heavy atom. The van der Waals surface area contributed by atoms with Gasteiger partial charge in [0.05, 0.1) is 5.51 Å². The van der Waals surface area contributed by atoms with Crippen molar-refractivity contribution in [3.63, 3.8) is 0 Å². The SMILES string of the molecule is O=C(Nc1cc(CCc2ccccc2)[nH]n1)c1cscn1. The molecule has 0 atom stereocenters. The molecule has 0 bridgehead atoms. The number of hydrogen-bond donors (Lipinski definition) is 2. The number of nitrogens with one attached hydrogen (secondary N) is 2. The van der Waals surface area contributed by atoms with Gasteiger partial charge in [0.25, 0.3) is 5.91 Å². The molecule has 1 amide bonds. The third-order valence-electron chi connectivity index (χ3n) is 3.06. The molecule has 0 aliphatic carbocycles. The number of nitrogens with zero attached hydrogens (tertiary/aromatic N) is 2. The molecule has 5 nitrogen and oxygen atoms in total. The summed E-state index contributed by atoms with van der Waals surface area (Å²) >= 11 is 1.39. The van der Waals surface area contributed by atoms with Crippen LogP contribution < -0.4 is 5.32 Å². The molecule has 0 aliphatic heterocycles. The van der Waals surface area contributed by atoms with Crippen molar-refractivity contribution in [3.05, 3.63) is 64.2 Å². The van der Waals surface area contributed by atoms with E-state index in [-0.39, 0.29) is 5.91 Å². The van der Waals surface area contributed by atoms with Gasteiger partial charge in [0.15, 0.2) is 5.82 Å². The summed E-state index contributed by atoms with van der Waals surface area (Å²) in [5.74, 6) is 0.286. The molecule has 3 aromatic rings. The number of amides is 1. The van der Waals surface area contributed by atoms with Crippen LogP contribution in [-0.4, -0.2) is 21.1 Å². The average molecular weight is 298 g/mol. The van der Waals surface area contributed by atoms with Gasteiger partial charge >= 0.3 is 0 Å². The Balaban J connectivity index is 1.57. The van der Waals surface area contributed by atoms with Crippen molar-refractivity contribution in [1.82, 2.24) is 15.2 Å². The zero-order valence-corrected chi connectivity index (χ0v) is 12.1. The average Bonchev–Trinajstić information content (AvgIpc) is 3.18. The van der Waals surface area contributed by atoms with Crippen LogP contribution >= 0.6 is 11.3 Å². The van der Waals surface area contributed by atoms with Crippen LogP contribution in [0.25, 0.3) is 0 Å². The summed E-state index contributed by atoms with van der Waals surface area (Å²) in [5.41, 5.74) is 4.31. The van der Waals surface area contributed by atoms with Gasteiger partial charge in [-0.25, -0.2) is 4.98 Å². The quantitative estimate of drug-likeness (QED) is 0.761. The van der Waals surface area contributed by atoms with Crippen molar-refractivity contribution >= 4 is 23.1 Å². The molecule has 0 radical (unpaired) electrons. The summed E-state index contributed by atoms with van der Waals surface area (Å²) in [6, 6.07) is 12.1. The summed E-state index contributed by atoms with van der Waals surface area (Å²) in [7, 11) is 0. The minimum Gasteiger partial charge on any atom is -0.304 e. The van der Waals surface area contributed by atoms with E-state index < -0.39 is 0 Å². The third-order valence-corrected chi connectivity index (χ3v) is 3.65. The van der Waals surface area contributed by atoms with E-state index >= 15 is 0 Å². The zero-order valence-electron chi connectivity index (χ0n) is 11.2. The fourth-order valence-electron chi connectivity index (χ4n) is 1.98. The van der Waals surface area contributed by atoms with Crippen molar-refractivity contribution in [2.24, 2.45) is 0 Å². The summed E-state index contributed by atoms with van der Waals surface area (Å²) in [5, 5.41) is 11.5. The molecule has 3 rings (SSSR count). The van der Waals surface area contributed by atoms with Crippen LogP contribution in [0.3, 0.4) is 0 Å². The number of aromatic nitrogens is 3. The lowest BCUT2D eigenvalue weighted by Gasteiger charge is -1.98. The number of benzene rings is 1. The molecule has 1 aromatic carbocycles. The monoisotopic (exact) mass is 298 g/mol. The van der Waals surface area contributed by atoms with Crippen molar-refractivity contribution in [1.29, 1.82) is 0 Å². The maximum atomic E-state index is 11.8. The van der Waals surface area contributed by atoms with Crippen LogP contribution in [-0.2, 0) is 12.8 Å². The highest BCUT2D eigenvalue weighted by molar-refractivity contribution is 7.07. The number of aromatic amines is 1. The Morgan fingerprint density at radius 2 is 2.10 bits per heavy atom. The van der Waals surface area contributed by atoms with E-state index in [1.165, 1.54) is 16.9 Å². The van der Waals surface area contributed by atoms with Crippen LogP contribution in [0.15, 0.2) is 47.3 Å². The first-order valence-corrected chi connectivity index (χ1v) is 7.53. The zero-order chi connectivity index (χ0) is 14.5. The highest BCUT2D eigenvalue weighted by Gasteiger charge is 2.10. The number of aryl methyl sites for hydroxylation is 2. The fourth-order valence-corrected chi connectivity index (χ4v) is 2.51. The molecule has 0 spiro atoms. The van der Waals surface area contributed by atoms with E-state index in [1.54, 1.807) is 10.9 Å². The van der Waals surface area contributed by atoms with Gasteiger partial charge in [-0.1, -0.05) is 30.3 Å². The maximum absolute atomic E-state index is 11.8. The number of carbonyl (C=O) groups is 1. The van der Waals surface area contributed by atoms with E-state index in [0.717, 1.165) is 18.5 Å². The normalized spacial score (nSPS) is 10.5. The van der Waals surface area contributed by atoms with Gasteiger partial charge in [-0.15, -0.1) is 11.3 Å². The first kappa shape index (κ1) is 13.5. The number of thiazole rings is 1. The first-order chi connectivity index (χ1) is 10.3. The van der Waals surface area contributed by atoms with Crippen LogP contribution in [0.5, 0.6) is 0 Å². The third kappa shape index (κ3) is 3.55. The van der Waals surface area contributed by atoms with E-state index in [0.29, 0.717) is 11.5 Å². The largest absolute Gasteiger partial charge is 0.304 e. The van der Waals surface area contributed by atoms with E-state index in [4.69, 9.17) is 0 Å². The number of carbonyl (C=O) groups excluding carboxylic acids is 1. The van der Waals surface area contributed by atoms with Crippen LogP contribution in [0.1, 0.15) is 21.7 Å². The number of anilines is 1. The summed E-state index contributed by atoms with van der Waals surface area (Å²) in [6.45, 7) is 0. The van der Waals surface area contributed by atoms with Crippen molar-refractivity contribution in [2.75, 3.05) is 5.32 Å². The van der Waals surface area contributed by atoms with Crippen LogP contribution in [0.4, 0.5) is 5.82 Å². The standard InChI is InChI=1S/C15H14N4OS/c20-15(13-9-21-10-16-13)17-14-8-12(18-19-14)7-6-11-4-2-1-3-5-11/h1-5,8-10H,6-7H2,(H2,17,18,19,20). The van der Waals surface area contributed by atoms with Gasteiger partial charge in [-0.3, -0.25) is 9.89 Å². The Kier molecular flexibility index (Phi) is 4.07. The summed E-state index contributed by atoms with van der Waals surface area (Å²) in [6.07, 6.45) is 1.78. The summed E-state index contributed by atoms with van der Waals surface area (Å²) < 4.78 is 0. The molecule has 0 fully saturated rings. The topological polar surface area (TPSA) is 70.7 Å². The molecular weight excluding hydrogens is 284 g/mol. The molecule has 106 valence electrons. The van der Waals surface area contributed by atoms with Gasteiger partial charge in [0.2, 0.25) is 0 Å². The van der Waals surface area contributed by atoms with Crippen LogP contribution in [0.2, 0.25) is 0 Å². The number of rotatable bonds is 5. The minimum atomic E-state index is -0.239. The molecule has 2 aromatic heterocycles. The molecule has 6 heteroatoms. The second kappa shape index (κ2) is 6.32. The number of hydrogen-bond acceptors (Lipinski definition) is 4. The van der Waals surface area contributed by atoms with Gasteiger partial charge in [0.1, 0.15) is 5.69 Å². The predicted octanol–water partition coefficient (Wildman–Crippen LogP) is 2.90. The predicted molar refractivity (Wildman–Crippen MR) is 82.5 cm³/mol. The molecule has 2 N–H and O–H groups in total. The Labute approximate surface area is 126 Å². The summed E-state index contributed by atoms with van der Waals surface area (Å²) in [4.78, 5) is 15.8. The highest BCUT2D eigenvalue weighted by atomic mass is 32.1. The fraction of sp³-hybridized carbons (Fsp3) is 0.133. The molecule has 0 aliphatic rings. The molecule has 21 heavy (non-hydrogen) atoms. The lowest BCUT2D eigenvalue weighted by Crippen LogP contribution is -2.12. The van der Waals surface area contributed by atoms with Gasteiger partial charge in [0, 0.05) is 17.1 Å². The molecule has 0 saturated heterocycles. The van der Waals surface area contributed by atoms with E-state index in [9.17, 15) is 4.79 Å². The van der Waals surface area contributed by atoms with Crippen molar-refractivity contribution in [2.45, 2.75) is 12.8 Å². The van der Waals surface area contributed by atoms with Gasteiger partial charge in [-0.05, 0) is 18.4 Å². The van der Waals surface area contributed by atoms with E-state index in [1.807, 2.05) is 24.3 Å². The van der Waals surface area contributed by atoms with Crippen molar-refractivity contribution in [3.8, 4) is 0 Å². The van der Waals surface area contributed by atoms with Crippen molar-refractivity contribution < 1.29 is 4.79 Å². The molecule has 0 unspecified atom stereocenters. The smallest absolute Gasteiger partial charge is 0.276 e. The second-order valence-electron chi connectivity index (χ2n) is 4.59. The molecule has 2 heterocycles. The van der Waals surface area contributed by atoms with Crippen LogP contribution in [0, 0.1) is 0 Å². The molecular formula is C15H14N4OS. The second-order valence-corrected chi connectivity index (χ2v) is 5.31. The lowest BCUT2D eigenvalue weighted by molar-refractivity contribution is 0.102. The number of H-pyrrole nitrogens is 1. The Morgan fingerprint density at radius 3 is 2.86 bits per heavy atom. The highest BCUT2D eigenvalue weighted by Crippen LogP contribution is 2.11. The first-order valence-electron chi connectivity index (χ1n) is 6.59. The van der Waals surface area contributed by atoms with Gasteiger partial charge in [-0.2, -0.15) is 5.10 Å².